The molecule has 0 unspecified atom stereocenters. The van der Waals surface area contributed by atoms with Crippen LogP contribution in [0, 0.1) is 13.8 Å². The van der Waals surface area contributed by atoms with Crippen molar-refractivity contribution in [3.05, 3.63) is 28.8 Å². The molecule has 1 aliphatic carbocycles. The minimum Gasteiger partial charge on any atom is -0.361 e. The molecule has 6 heteroatoms. The highest BCUT2D eigenvalue weighted by atomic mass is 16.5. The Morgan fingerprint density at radius 3 is 2.72 bits per heavy atom. The predicted octanol–water partition coefficient (Wildman–Crippen LogP) is 4.20. The SMILES string of the molecule is Cc1noc(C)c1[C@H](C)CC(=O)Nc1cc(C2CCCCC2)nn1C. The molecule has 0 bridgehead atoms. The van der Waals surface area contributed by atoms with Crippen LogP contribution in [0.1, 0.15) is 80.0 Å². The van der Waals surface area contributed by atoms with Gasteiger partial charge in [0.2, 0.25) is 5.91 Å². The predicted molar refractivity (Wildman–Crippen MR) is 96.7 cm³/mol. The molecular weight excluding hydrogens is 316 g/mol. The lowest BCUT2D eigenvalue weighted by Crippen LogP contribution is -2.17. The summed E-state index contributed by atoms with van der Waals surface area (Å²) in [5, 5.41) is 11.6. The fourth-order valence-corrected chi connectivity index (χ4v) is 3.97. The summed E-state index contributed by atoms with van der Waals surface area (Å²) in [7, 11) is 1.89. The minimum absolute atomic E-state index is 0.00862. The second kappa shape index (κ2) is 7.42. The van der Waals surface area contributed by atoms with Crippen LogP contribution < -0.4 is 5.32 Å². The summed E-state index contributed by atoms with van der Waals surface area (Å²) in [6.45, 7) is 5.84. The molecule has 3 rings (SSSR count). The van der Waals surface area contributed by atoms with Crippen molar-refractivity contribution >= 4 is 11.7 Å². The van der Waals surface area contributed by atoms with Gasteiger partial charge >= 0.3 is 0 Å². The van der Waals surface area contributed by atoms with Crippen molar-refractivity contribution in [2.75, 3.05) is 5.32 Å². The molecule has 1 fully saturated rings. The maximum Gasteiger partial charge on any atom is 0.226 e. The van der Waals surface area contributed by atoms with Gasteiger partial charge in [-0.05, 0) is 32.6 Å². The summed E-state index contributed by atoms with van der Waals surface area (Å²) in [6.07, 6.45) is 6.68. The van der Waals surface area contributed by atoms with Gasteiger partial charge in [0.15, 0.2) is 0 Å². The van der Waals surface area contributed by atoms with Gasteiger partial charge in [-0.1, -0.05) is 31.3 Å². The average Bonchev–Trinajstić information content (AvgIpc) is 3.11. The third-order valence-electron chi connectivity index (χ3n) is 5.26. The Morgan fingerprint density at radius 2 is 2.08 bits per heavy atom. The van der Waals surface area contributed by atoms with E-state index in [1.54, 1.807) is 4.68 Å². The monoisotopic (exact) mass is 344 g/mol. The van der Waals surface area contributed by atoms with E-state index in [4.69, 9.17) is 4.52 Å². The van der Waals surface area contributed by atoms with Gasteiger partial charge in [-0.25, -0.2) is 0 Å². The second-order valence-corrected chi connectivity index (χ2v) is 7.30. The average molecular weight is 344 g/mol. The molecule has 1 aliphatic rings. The molecule has 0 aromatic carbocycles. The number of aryl methyl sites for hydroxylation is 3. The van der Waals surface area contributed by atoms with Crippen LogP contribution in [0.15, 0.2) is 10.6 Å². The first-order chi connectivity index (χ1) is 12.0. The zero-order valence-corrected chi connectivity index (χ0v) is 15.6. The number of nitrogens with zero attached hydrogens (tertiary/aromatic N) is 3. The maximum atomic E-state index is 12.5. The Hall–Kier alpha value is -2.11. The number of carbonyl (C=O) groups is 1. The Kier molecular flexibility index (Phi) is 5.25. The highest BCUT2D eigenvalue weighted by Crippen LogP contribution is 2.33. The molecule has 2 heterocycles. The van der Waals surface area contributed by atoms with Crippen LogP contribution in [0.3, 0.4) is 0 Å². The third kappa shape index (κ3) is 3.94. The first-order valence-electron chi connectivity index (χ1n) is 9.22. The first kappa shape index (κ1) is 17.7. The zero-order valence-electron chi connectivity index (χ0n) is 15.6. The van der Waals surface area contributed by atoms with Crippen LogP contribution in [0.4, 0.5) is 5.82 Å². The summed E-state index contributed by atoms with van der Waals surface area (Å²) in [5.74, 6) is 2.16. The van der Waals surface area contributed by atoms with Gasteiger partial charge < -0.3 is 9.84 Å². The van der Waals surface area contributed by atoms with Gasteiger partial charge in [0, 0.05) is 31.0 Å². The van der Waals surface area contributed by atoms with Crippen molar-refractivity contribution in [2.24, 2.45) is 7.05 Å². The highest BCUT2D eigenvalue weighted by Gasteiger charge is 2.22. The summed E-state index contributed by atoms with van der Waals surface area (Å²) in [5.41, 5.74) is 3.00. The summed E-state index contributed by atoms with van der Waals surface area (Å²) in [4.78, 5) is 12.5. The van der Waals surface area contributed by atoms with E-state index >= 15 is 0 Å². The topological polar surface area (TPSA) is 73.0 Å². The van der Waals surface area contributed by atoms with Crippen LogP contribution in [-0.4, -0.2) is 20.8 Å². The molecule has 0 aliphatic heterocycles. The van der Waals surface area contributed by atoms with E-state index in [9.17, 15) is 4.79 Å². The molecular formula is C19H28N4O2. The number of rotatable bonds is 5. The lowest BCUT2D eigenvalue weighted by atomic mass is 9.87. The van der Waals surface area contributed by atoms with Crippen LogP contribution in [0.2, 0.25) is 0 Å². The molecule has 1 N–H and O–H groups in total. The first-order valence-corrected chi connectivity index (χ1v) is 9.22. The number of hydrogen-bond acceptors (Lipinski definition) is 4. The molecule has 6 nitrogen and oxygen atoms in total. The normalized spacial score (nSPS) is 16.8. The van der Waals surface area contributed by atoms with Crippen molar-refractivity contribution in [1.82, 2.24) is 14.9 Å². The quantitative estimate of drug-likeness (QED) is 0.882. The molecule has 1 atom stereocenters. The number of amides is 1. The van der Waals surface area contributed by atoms with Crippen molar-refractivity contribution in [1.29, 1.82) is 0 Å². The summed E-state index contributed by atoms with van der Waals surface area (Å²) in [6, 6.07) is 2.04. The summed E-state index contributed by atoms with van der Waals surface area (Å²) < 4.78 is 6.99. The Bertz CT molecular complexity index is 721. The number of hydrogen-bond donors (Lipinski definition) is 1. The maximum absolute atomic E-state index is 12.5. The van der Waals surface area contributed by atoms with Gasteiger partial charge in [-0.3, -0.25) is 9.48 Å². The molecule has 1 amide bonds. The molecule has 136 valence electrons. The van der Waals surface area contributed by atoms with Gasteiger partial charge in [-0.15, -0.1) is 0 Å². The molecule has 25 heavy (non-hydrogen) atoms. The van der Waals surface area contributed by atoms with Crippen molar-refractivity contribution in [3.63, 3.8) is 0 Å². The summed E-state index contributed by atoms with van der Waals surface area (Å²) >= 11 is 0. The van der Waals surface area contributed by atoms with E-state index in [2.05, 4.69) is 15.6 Å². The Morgan fingerprint density at radius 1 is 1.36 bits per heavy atom. The van der Waals surface area contributed by atoms with Crippen molar-refractivity contribution in [3.8, 4) is 0 Å². The van der Waals surface area contributed by atoms with Crippen LogP contribution in [0.25, 0.3) is 0 Å². The van der Waals surface area contributed by atoms with Crippen molar-refractivity contribution in [2.45, 2.75) is 71.1 Å². The highest BCUT2D eigenvalue weighted by molar-refractivity contribution is 5.90. The fraction of sp³-hybridized carbons (Fsp3) is 0.632. The lowest BCUT2D eigenvalue weighted by molar-refractivity contribution is -0.116. The second-order valence-electron chi connectivity index (χ2n) is 7.30. The largest absolute Gasteiger partial charge is 0.361 e. The molecule has 0 saturated heterocycles. The minimum atomic E-state index is -0.00862. The van der Waals surface area contributed by atoms with Gasteiger partial charge in [0.1, 0.15) is 11.6 Å². The molecule has 2 aromatic heterocycles. The molecule has 1 saturated carbocycles. The van der Waals surface area contributed by atoms with E-state index in [1.165, 1.54) is 32.1 Å². The van der Waals surface area contributed by atoms with E-state index in [0.717, 1.165) is 28.5 Å². The van der Waals surface area contributed by atoms with Gasteiger partial charge in [0.05, 0.1) is 11.4 Å². The molecule has 2 aromatic rings. The number of aromatic nitrogens is 3. The van der Waals surface area contributed by atoms with Crippen LogP contribution >= 0.6 is 0 Å². The molecule has 0 radical (unpaired) electrons. The van der Waals surface area contributed by atoms with Crippen LogP contribution in [-0.2, 0) is 11.8 Å². The number of carbonyl (C=O) groups excluding carboxylic acids is 1. The van der Waals surface area contributed by atoms with E-state index < -0.39 is 0 Å². The molecule has 0 spiro atoms. The Balaban J connectivity index is 1.64. The zero-order chi connectivity index (χ0) is 18.0. The van der Waals surface area contributed by atoms with Gasteiger partial charge in [-0.2, -0.15) is 5.10 Å². The number of anilines is 1. The van der Waals surface area contributed by atoms with E-state index in [1.807, 2.05) is 33.9 Å². The van der Waals surface area contributed by atoms with Gasteiger partial charge in [0.25, 0.3) is 0 Å². The Labute approximate surface area is 149 Å². The lowest BCUT2D eigenvalue weighted by Gasteiger charge is -2.19. The number of nitrogens with one attached hydrogen (secondary N) is 1. The standard InChI is InChI=1S/C19H28N4O2/c1-12(19-13(2)22-25-14(19)3)10-18(24)20-17-11-16(21-23(17)4)15-8-6-5-7-9-15/h11-12,15H,5-10H2,1-4H3,(H,20,24)/t12-/m1/s1. The van der Waals surface area contributed by atoms with E-state index in [0.29, 0.717) is 12.3 Å². The van der Waals surface area contributed by atoms with Crippen LogP contribution in [0.5, 0.6) is 0 Å². The van der Waals surface area contributed by atoms with E-state index in [-0.39, 0.29) is 11.8 Å². The third-order valence-corrected chi connectivity index (χ3v) is 5.26. The van der Waals surface area contributed by atoms with Crippen molar-refractivity contribution < 1.29 is 9.32 Å². The fourth-order valence-electron chi connectivity index (χ4n) is 3.97. The smallest absolute Gasteiger partial charge is 0.226 e.